The lowest BCUT2D eigenvalue weighted by atomic mass is 10.0. The molecule has 0 radical (unpaired) electrons. The maximum Gasteiger partial charge on any atom is 0.251 e. The van der Waals surface area contributed by atoms with Crippen LogP contribution in [0.5, 0.6) is 11.5 Å². The summed E-state index contributed by atoms with van der Waals surface area (Å²) < 4.78 is 7.24. The minimum absolute atomic E-state index is 0.0302. The first-order chi connectivity index (χ1) is 15.0. The van der Waals surface area contributed by atoms with Gasteiger partial charge in [-0.25, -0.2) is 0 Å². The summed E-state index contributed by atoms with van der Waals surface area (Å²) in [7, 11) is 0. The molecule has 3 N–H and O–H groups in total. The van der Waals surface area contributed by atoms with Gasteiger partial charge in [-0.15, -0.1) is 0 Å². The lowest BCUT2D eigenvalue weighted by Gasteiger charge is -2.28. The first kappa shape index (κ1) is 23.3. The third kappa shape index (κ3) is 6.10. The number of amides is 2. The van der Waals surface area contributed by atoms with Crippen LogP contribution in [0.4, 0.5) is 5.82 Å². The number of benzene rings is 1. The summed E-state index contributed by atoms with van der Waals surface area (Å²) in [6, 6.07) is 7.42. The van der Waals surface area contributed by atoms with Gasteiger partial charge >= 0.3 is 0 Å². The van der Waals surface area contributed by atoms with E-state index in [1.54, 1.807) is 49.0 Å². The second-order valence-electron chi connectivity index (χ2n) is 8.99. The average Bonchev–Trinajstić information content (AvgIpc) is 3.26. The standard InChI is InChI=1S/C23H30N4O5/c1-15(2)11-17(22(30)24-20-9-10-26(25-20)14-23(3,4)31)27-13-16(12-21(27)29)32-19-8-6-5-7-18(19)28/h5-10,12,15,17,28,31H,11,13-14H2,1-4H3,(H,24,25,30)/t17-/m0/s1. The summed E-state index contributed by atoms with van der Waals surface area (Å²) in [4.78, 5) is 27.2. The summed E-state index contributed by atoms with van der Waals surface area (Å²) in [5, 5.41) is 26.9. The molecule has 0 spiro atoms. The molecule has 2 aromatic rings. The van der Waals surface area contributed by atoms with Crippen molar-refractivity contribution in [2.45, 2.75) is 52.3 Å². The zero-order valence-electron chi connectivity index (χ0n) is 18.8. The molecule has 32 heavy (non-hydrogen) atoms. The Hall–Kier alpha value is -3.33. The van der Waals surface area contributed by atoms with Gasteiger partial charge in [0.1, 0.15) is 11.8 Å². The monoisotopic (exact) mass is 442 g/mol. The van der Waals surface area contributed by atoms with Gasteiger partial charge in [-0.2, -0.15) is 5.10 Å². The molecule has 2 heterocycles. The quantitative estimate of drug-likeness (QED) is 0.549. The van der Waals surface area contributed by atoms with Crippen LogP contribution in [-0.2, 0) is 16.1 Å². The van der Waals surface area contributed by atoms with E-state index in [0.29, 0.717) is 18.0 Å². The molecular weight excluding hydrogens is 412 g/mol. The molecule has 0 bridgehead atoms. The molecule has 3 rings (SSSR count). The van der Waals surface area contributed by atoms with Gasteiger partial charge in [0, 0.05) is 18.3 Å². The molecule has 9 heteroatoms. The first-order valence-corrected chi connectivity index (χ1v) is 10.6. The van der Waals surface area contributed by atoms with Crippen LogP contribution in [0.1, 0.15) is 34.1 Å². The van der Waals surface area contributed by atoms with Crippen molar-refractivity contribution in [3.05, 3.63) is 48.4 Å². The number of aliphatic hydroxyl groups is 1. The summed E-state index contributed by atoms with van der Waals surface area (Å²) in [6.07, 6.45) is 3.47. The number of nitrogens with zero attached hydrogens (tertiary/aromatic N) is 3. The normalized spacial score (nSPS) is 15.1. The molecule has 1 aromatic heterocycles. The predicted octanol–water partition coefficient (Wildman–Crippen LogP) is 2.52. The molecule has 9 nitrogen and oxygen atoms in total. The topological polar surface area (TPSA) is 117 Å². The summed E-state index contributed by atoms with van der Waals surface area (Å²) >= 11 is 0. The Bertz CT molecular complexity index is 1010. The van der Waals surface area contributed by atoms with E-state index >= 15 is 0 Å². The number of hydrogen-bond acceptors (Lipinski definition) is 6. The van der Waals surface area contributed by atoms with Crippen molar-refractivity contribution in [3.8, 4) is 11.5 Å². The fourth-order valence-corrected chi connectivity index (χ4v) is 3.47. The Morgan fingerprint density at radius 3 is 2.66 bits per heavy atom. The van der Waals surface area contributed by atoms with Crippen LogP contribution in [0.25, 0.3) is 0 Å². The van der Waals surface area contributed by atoms with E-state index in [1.165, 1.54) is 17.0 Å². The van der Waals surface area contributed by atoms with Crippen LogP contribution >= 0.6 is 0 Å². The van der Waals surface area contributed by atoms with E-state index in [2.05, 4.69) is 10.4 Å². The van der Waals surface area contributed by atoms with Crippen LogP contribution in [0, 0.1) is 5.92 Å². The number of phenolic OH excluding ortho intramolecular Hbond substituents is 1. The summed E-state index contributed by atoms with van der Waals surface area (Å²) in [5.74, 6) is 0.398. The molecule has 172 valence electrons. The molecule has 0 unspecified atom stereocenters. The lowest BCUT2D eigenvalue weighted by molar-refractivity contribution is -0.133. The zero-order chi connectivity index (χ0) is 23.5. The lowest BCUT2D eigenvalue weighted by Crippen LogP contribution is -2.46. The van der Waals surface area contributed by atoms with Gasteiger partial charge in [0.15, 0.2) is 17.3 Å². The van der Waals surface area contributed by atoms with E-state index in [1.807, 2.05) is 13.8 Å². The van der Waals surface area contributed by atoms with E-state index in [4.69, 9.17) is 4.74 Å². The fourth-order valence-electron chi connectivity index (χ4n) is 3.47. The Kier molecular flexibility index (Phi) is 6.88. The Balaban J connectivity index is 1.70. The second-order valence-corrected chi connectivity index (χ2v) is 8.99. The van der Waals surface area contributed by atoms with Crippen molar-refractivity contribution in [2.75, 3.05) is 11.9 Å². The molecule has 1 aromatic carbocycles. The maximum atomic E-state index is 13.1. The van der Waals surface area contributed by atoms with Crippen molar-refractivity contribution in [1.82, 2.24) is 14.7 Å². The van der Waals surface area contributed by atoms with Gasteiger partial charge < -0.3 is 25.2 Å². The van der Waals surface area contributed by atoms with Crippen LogP contribution in [-0.4, -0.2) is 54.9 Å². The van der Waals surface area contributed by atoms with Crippen LogP contribution < -0.4 is 10.1 Å². The molecule has 1 aliphatic rings. The van der Waals surface area contributed by atoms with Crippen LogP contribution in [0.2, 0.25) is 0 Å². The van der Waals surface area contributed by atoms with Crippen LogP contribution in [0.15, 0.2) is 48.4 Å². The van der Waals surface area contributed by atoms with E-state index < -0.39 is 11.6 Å². The minimum atomic E-state index is -0.940. The van der Waals surface area contributed by atoms with Crippen LogP contribution in [0.3, 0.4) is 0 Å². The van der Waals surface area contributed by atoms with Crippen molar-refractivity contribution < 1.29 is 24.5 Å². The number of ether oxygens (including phenoxy) is 1. The molecule has 1 atom stereocenters. The number of phenols is 1. The number of aromatic hydroxyl groups is 1. The highest BCUT2D eigenvalue weighted by Gasteiger charge is 2.35. The van der Waals surface area contributed by atoms with Gasteiger partial charge in [-0.05, 0) is 38.3 Å². The highest BCUT2D eigenvalue weighted by Crippen LogP contribution is 2.29. The molecule has 2 amide bonds. The van der Waals surface area contributed by atoms with E-state index in [9.17, 15) is 19.8 Å². The number of para-hydroxylation sites is 2. The SMILES string of the molecule is CC(C)C[C@@H](C(=O)Nc1ccn(CC(C)(C)O)n1)N1CC(Oc2ccccc2O)=CC1=O. The first-order valence-electron chi connectivity index (χ1n) is 10.6. The number of rotatable bonds is 9. The van der Waals surface area contributed by atoms with E-state index in [-0.39, 0.29) is 42.3 Å². The Labute approximate surface area is 187 Å². The Morgan fingerprint density at radius 1 is 1.28 bits per heavy atom. The fraction of sp³-hybridized carbons (Fsp3) is 0.435. The Morgan fingerprint density at radius 2 is 2.00 bits per heavy atom. The molecular formula is C23H30N4O5. The van der Waals surface area contributed by atoms with Crippen molar-refractivity contribution >= 4 is 17.6 Å². The number of carbonyl (C=O) groups is 2. The summed E-state index contributed by atoms with van der Waals surface area (Å²) in [5.41, 5.74) is -0.940. The number of aromatic nitrogens is 2. The zero-order valence-corrected chi connectivity index (χ0v) is 18.8. The largest absolute Gasteiger partial charge is 0.504 e. The van der Waals surface area contributed by atoms with Crippen molar-refractivity contribution in [2.24, 2.45) is 5.92 Å². The van der Waals surface area contributed by atoms with Gasteiger partial charge in [0.05, 0.1) is 18.7 Å². The molecule has 0 saturated heterocycles. The number of anilines is 1. The summed E-state index contributed by atoms with van der Waals surface area (Å²) in [6.45, 7) is 7.70. The molecule has 0 saturated carbocycles. The van der Waals surface area contributed by atoms with Gasteiger partial charge in [-0.3, -0.25) is 14.3 Å². The van der Waals surface area contributed by atoms with Crippen molar-refractivity contribution in [1.29, 1.82) is 0 Å². The van der Waals surface area contributed by atoms with Gasteiger partial charge in [0.25, 0.3) is 5.91 Å². The number of hydrogen-bond donors (Lipinski definition) is 3. The minimum Gasteiger partial charge on any atom is -0.504 e. The number of carbonyl (C=O) groups excluding carboxylic acids is 2. The molecule has 1 aliphatic heterocycles. The molecule has 0 aliphatic carbocycles. The number of nitrogens with one attached hydrogen (secondary N) is 1. The third-order valence-corrected chi connectivity index (χ3v) is 4.81. The molecule has 0 fully saturated rings. The maximum absolute atomic E-state index is 13.1. The second kappa shape index (κ2) is 9.44. The van der Waals surface area contributed by atoms with Gasteiger partial charge in [0.2, 0.25) is 5.91 Å². The van der Waals surface area contributed by atoms with Gasteiger partial charge in [-0.1, -0.05) is 26.0 Å². The average molecular weight is 443 g/mol. The highest BCUT2D eigenvalue weighted by atomic mass is 16.5. The third-order valence-electron chi connectivity index (χ3n) is 4.81. The van der Waals surface area contributed by atoms with Crippen molar-refractivity contribution in [3.63, 3.8) is 0 Å². The predicted molar refractivity (Wildman–Crippen MR) is 119 cm³/mol. The van der Waals surface area contributed by atoms with E-state index in [0.717, 1.165) is 0 Å². The highest BCUT2D eigenvalue weighted by molar-refractivity contribution is 5.99. The smallest absolute Gasteiger partial charge is 0.251 e.